The lowest BCUT2D eigenvalue weighted by Gasteiger charge is -2.62. The average molecular weight is 266 g/mol. The van der Waals surface area contributed by atoms with Crippen molar-refractivity contribution in [3.05, 3.63) is 0 Å². The first-order valence-electron chi connectivity index (χ1n) is 7.62. The van der Waals surface area contributed by atoms with Crippen molar-refractivity contribution in [2.75, 3.05) is 13.2 Å². The van der Waals surface area contributed by atoms with Crippen LogP contribution in [0.5, 0.6) is 0 Å². The summed E-state index contributed by atoms with van der Waals surface area (Å²) in [5.41, 5.74) is 5.66. The standard InChI is InChI=1S/C15H26N2O2/c1-10-6-4-5-8-17(10)13(18)15(16)11-7-9-19-12(11)14(15,2)3/h10-12H,4-9,16H2,1-3H3. The second-order valence-electron chi connectivity index (χ2n) is 7.12. The van der Waals surface area contributed by atoms with Crippen LogP contribution in [0, 0.1) is 11.3 Å². The first-order valence-corrected chi connectivity index (χ1v) is 7.62. The number of amides is 1. The molecule has 4 heteroatoms. The number of carbonyl (C=O) groups is 1. The molecule has 0 spiro atoms. The molecule has 0 bridgehead atoms. The Morgan fingerprint density at radius 3 is 2.74 bits per heavy atom. The molecular formula is C15H26N2O2. The topological polar surface area (TPSA) is 55.6 Å². The Bertz CT molecular complexity index is 396. The molecule has 3 rings (SSSR count). The first-order chi connectivity index (χ1) is 8.90. The van der Waals surface area contributed by atoms with Crippen LogP contribution < -0.4 is 5.73 Å². The van der Waals surface area contributed by atoms with E-state index in [4.69, 9.17) is 10.5 Å². The van der Waals surface area contributed by atoms with Gasteiger partial charge in [-0.2, -0.15) is 0 Å². The summed E-state index contributed by atoms with van der Waals surface area (Å²) in [6, 6.07) is 0.332. The second-order valence-corrected chi connectivity index (χ2v) is 7.12. The third-order valence-corrected chi connectivity index (χ3v) is 5.87. The number of hydrogen-bond acceptors (Lipinski definition) is 3. The quantitative estimate of drug-likeness (QED) is 0.783. The number of hydrogen-bond donors (Lipinski definition) is 1. The summed E-state index contributed by atoms with van der Waals surface area (Å²) in [6.07, 6.45) is 4.53. The van der Waals surface area contributed by atoms with Crippen LogP contribution in [-0.4, -0.2) is 41.6 Å². The summed E-state index contributed by atoms with van der Waals surface area (Å²) < 4.78 is 5.78. The van der Waals surface area contributed by atoms with Crippen molar-refractivity contribution in [2.45, 2.75) is 64.1 Å². The van der Waals surface area contributed by atoms with Gasteiger partial charge in [0.2, 0.25) is 5.91 Å². The van der Waals surface area contributed by atoms with E-state index in [1.165, 1.54) is 6.42 Å². The first kappa shape index (κ1) is 13.4. The van der Waals surface area contributed by atoms with E-state index < -0.39 is 5.54 Å². The average Bonchev–Trinajstić information content (AvgIpc) is 2.85. The zero-order valence-electron chi connectivity index (χ0n) is 12.3. The molecule has 4 unspecified atom stereocenters. The van der Waals surface area contributed by atoms with Gasteiger partial charge in [0.25, 0.3) is 0 Å². The van der Waals surface area contributed by atoms with Gasteiger partial charge in [-0.25, -0.2) is 0 Å². The van der Waals surface area contributed by atoms with E-state index in [0.717, 1.165) is 32.4 Å². The van der Waals surface area contributed by atoms with Crippen LogP contribution in [0.25, 0.3) is 0 Å². The molecule has 108 valence electrons. The lowest BCUT2D eigenvalue weighted by atomic mass is 9.47. The Morgan fingerprint density at radius 1 is 1.32 bits per heavy atom. The molecular weight excluding hydrogens is 240 g/mol. The third kappa shape index (κ3) is 1.56. The molecule has 0 radical (unpaired) electrons. The van der Waals surface area contributed by atoms with Gasteiger partial charge < -0.3 is 15.4 Å². The van der Waals surface area contributed by atoms with Crippen LogP contribution in [0.15, 0.2) is 0 Å². The molecule has 0 aromatic heterocycles. The van der Waals surface area contributed by atoms with Crippen molar-refractivity contribution in [1.82, 2.24) is 4.90 Å². The van der Waals surface area contributed by atoms with Crippen molar-refractivity contribution >= 4 is 5.91 Å². The highest BCUT2D eigenvalue weighted by molar-refractivity contribution is 5.90. The predicted octanol–water partition coefficient (Wildman–Crippen LogP) is 1.53. The molecule has 2 aliphatic heterocycles. The minimum atomic E-state index is -0.722. The number of likely N-dealkylation sites (tertiary alicyclic amines) is 1. The van der Waals surface area contributed by atoms with E-state index in [1.54, 1.807) is 0 Å². The summed E-state index contributed by atoms with van der Waals surface area (Å²) in [5, 5.41) is 0. The number of fused-ring (bicyclic) bond motifs is 1. The Labute approximate surface area is 115 Å². The van der Waals surface area contributed by atoms with Gasteiger partial charge in [0, 0.05) is 30.5 Å². The molecule has 1 amide bonds. The van der Waals surface area contributed by atoms with Crippen LogP contribution in [-0.2, 0) is 9.53 Å². The maximum absolute atomic E-state index is 13.0. The summed E-state index contributed by atoms with van der Waals surface area (Å²) in [7, 11) is 0. The van der Waals surface area contributed by atoms with Crippen LogP contribution in [0.1, 0.15) is 46.5 Å². The minimum absolute atomic E-state index is 0.163. The van der Waals surface area contributed by atoms with Gasteiger partial charge in [-0.05, 0) is 32.6 Å². The van der Waals surface area contributed by atoms with Crippen molar-refractivity contribution in [3.8, 4) is 0 Å². The molecule has 4 atom stereocenters. The zero-order valence-corrected chi connectivity index (χ0v) is 12.3. The van der Waals surface area contributed by atoms with Gasteiger partial charge in [-0.3, -0.25) is 4.79 Å². The SMILES string of the molecule is CC1CCCCN1C(=O)C1(N)C2CCOC2C1(C)C. The fourth-order valence-corrected chi connectivity index (χ4v) is 4.46. The highest BCUT2D eigenvalue weighted by Crippen LogP contribution is 2.58. The molecule has 2 heterocycles. The number of nitrogens with zero attached hydrogens (tertiary/aromatic N) is 1. The summed E-state index contributed by atoms with van der Waals surface area (Å²) in [5.74, 6) is 0.376. The zero-order chi connectivity index (χ0) is 13.8. The van der Waals surface area contributed by atoms with Crippen molar-refractivity contribution < 1.29 is 9.53 Å². The summed E-state index contributed by atoms with van der Waals surface area (Å²) in [6.45, 7) is 7.94. The maximum atomic E-state index is 13.0. The molecule has 3 aliphatic rings. The van der Waals surface area contributed by atoms with E-state index >= 15 is 0 Å². The normalized spacial score (nSPS) is 44.6. The van der Waals surface area contributed by atoms with E-state index in [-0.39, 0.29) is 23.3 Å². The Kier molecular flexibility index (Phi) is 2.95. The number of carbonyl (C=O) groups excluding carboxylic acids is 1. The number of piperidine rings is 1. The number of ether oxygens (including phenoxy) is 1. The van der Waals surface area contributed by atoms with Gasteiger partial charge in [0.15, 0.2) is 0 Å². The second kappa shape index (κ2) is 4.19. The molecule has 0 aromatic rings. The van der Waals surface area contributed by atoms with Crippen LogP contribution in [0.4, 0.5) is 0 Å². The van der Waals surface area contributed by atoms with Gasteiger partial charge in [0.05, 0.1) is 6.10 Å². The molecule has 4 nitrogen and oxygen atoms in total. The Hall–Kier alpha value is -0.610. The minimum Gasteiger partial charge on any atom is -0.377 e. The largest absolute Gasteiger partial charge is 0.377 e. The van der Waals surface area contributed by atoms with E-state index in [0.29, 0.717) is 6.04 Å². The molecule has 1 aliphatic carbocycles. The van der Waals surface area contributed by atoms with Crippen molar-refractivity contribution in [2.24, 2.45) is 17.1 Å². The van der Waals surface area contributed by atoms with E-state index in [2.05, 4.69) is 20.8 Å². The molecule has 3 fully saturated rings. The highest BCUT2D eigenvalue weighted by Gasteiger charge is 2.72. The van der Waals surface area contributed by atoms with Crippen molar-refractivity contribution in [1.29, 1.82) is 0 Å². The number of nitrogens with two attached hydrogens (primary N) is 1. The number of rotatable bonds is 1. The molecule has 0 aromatic carbocycles. The predicted molar refractivity (Wildman–Crippen MR) is 73.6 cm³/mol. The van der Waals surface area contributed by atoms with E-state index in [1.807, 2.05) is 4.90 Å². The molecule has 2 N–H and O–H groups in total. The fourth-order valence-electron chi connectivity index (χ4n) is 4.46. The monoisotopic (exact) mass is 266 g/mol. The lowest BCUT2D eigenvalue weighted by Crippen LogP contribution is -2.80. The van der Waals surface area contributed by atoms with Gasteiger partial charge in [-0.15, -0.1) is 0 Å². The van der Waals surface area contributed by atoms with Gasteiger partial charge in [0.1, 0.15) is 5.54 Å². The Morgan fingerprint density at radius 2 is 2.05 bits per heavy atom. The molecule has 2 saturated heterocycles. The molecule has 1 saturated carbocycles. The summed E-state index contributed by atoms with van der Waals surface area (Å²) >= 11 is 0. The maximum Gasteiger partial charge on any atom is 0.243 e. The Balaban J connectivity index is 1.86. The molecule has 19 heavy (non-hydrogen) atoms. The van der Waals surface area contributed by atoms with Crippen molar-refractivity contribution in [3.63, 3.8) is 0 Å². The van der Waals surface area contributed by atoms with E-state index in [9.17, 15) is 4.79 Å². The fraction of sp³-hybridized carbons (Fsp3) is 0.933. The third-order valence-electron chi connectivity index (χ3n) is 5.87. The van der Waals surface area contributed by atoms with Gasteiger partial charge >= 0.3 is 0 Å². The smallest absolute Gasteiger partial charge is 0.243 e. The van der Waals surface area contributed by atoms with Gasteiger partial charge in [-0.1, -0.05) is 13.8 Å². The van der Waals surface area contributed by atoms with Crippen LogP contribution in [0.3, 0.4) is 0 Å². The highest BCUT2D eigenvalue weighted by atomic mass is 16.5. The van der Waals surface area contributed by atoms with Crippen LogP contribution in [0.2, 0.25) is 0 Å². The summed E-state index contributed by atoms with van der Waals surface area (Å²) in [4.78, 5) is 15.0. The van der Waals surface area contributed by atoms with Crippen LogP contribution >= 0.6 is 0 Å². The lowest BCUT2D eigenvalue weighted by molar-refractivity contribution is -0.186.